The van der Waals surface area contributed by atoms with Crippen LogP contribution < -0.4 is 16.0 Å². The number of carbonyl (C=O) groups excluding carboxylic acids is 4. The van der Waals surface area contributed by atoms with Gasteiger partial charge >= 0.3 is 0 Å². The number of hydrogen-bond acceptors (Lipinski definition) is 9. The Balaban J connectivity index is 1.07. The molecular formula is C42H49F2N3O7S. The van der Waals surface area contributed by atoms with E-state index in [0.717, 1.165) is 11.1 Å². The number of ether oxygens (including phenoxy) is 2. The first kappa shape index (κ1) is 39.5. The standard InChI is InChI=1S/C42H49F2N3O7S/c1-23(45-5)35(50)46-24(2)36(51)47-29-8-6-7-26(18-29)17-25-9-11-27(12-10-25)37-53-34-20-32-31-14-13-28-19-30(48)15-16-39(28,3)41(31,44)33(49)21-40(32,4)42(34,54-37)38(52)55-22-43/h6-12,15-16,18-19,23-24,31-34,37,45,49H,13-14,17,20-22H2,1-5H3,(H,46,50)(H,47,51)/t23?,24-,31?,32?,33?,34+,37+,39?,40?,41-,42?/m0/s1. The molecule has 5 aliphatic rings. The van der Waals surface area contributed by atoms with Crippen LogP contribution in [0.3, 0.4) is 0 Å². The molecule has 0 radical (unpaired) electrons. The van der Waals surface area contributed by atoms with Gasteiger partial charge in [0.2, 0.25) is 16.9 Å². The highest BCUT2D eigenvalue weighted by atomic mass is 32.2. The number of halogens is 2. The third-order valence-corrected chi connectivity index (χ3v) is 14.0. The van der Waals surface area contributed by atoms with Crippen LogP contribution in [0.2, 0.25) is 0 Å². The highest BCUT2D eigenvalue weighted by Gasteiger charge is 2.79. The third-order valence-electron chi connectivity index (χ3n) is 13.3. The van der Waals surface area contributed by atoms with Crippen LogP contribution in [0.25, 0.3) is 0 Å². The van der Waals surface area contributed by atoms with E-state index in [1.54, 1.807) is 40.0 Å². The summed E-state index contributed by atoms with van der Waals surface area (Å²) >= 11 is 0.518. The first-order chi connectivity index (χ1) is 26.1. The van der Waals surface area contributed by atoms with Gasteiger partial charge in [0.05, 0.1) is 18.2 Å². The molecule has 4 aliphatic carbocycles. The van der Waals surface area contributed by atoms with E-state index in [-0.39, 0.29) is 24.0 Å². The quantitative estimate of drug-likeness (QED) is 0.241. The fraction of sp³-hybridized carbons (Fsp3) is 0.524. The summed E-state index contributed by atoms with van der Waals surface area (Å²) in [6.45, 7) is 6.93. The molecular weight excluding hydrogens is 729 g/mol. The molecule has 2 aromatic rings. The number of carbonyl (C=O) groups is 4. The van der Waals surface area contributed by atoms with Gasteiger partial charge in [-0.25, -0.2) is 8.78 Å². The highest BCUT2D eigenvalue weighted by molar-refractivity contribution is 8.13. The van der Waals surface area contributed by atoms with E-state index in [2.05, 4.69) is 16.0 Å². The Morgan fingerprint density at radius 3 is 2.49 bits per heavy atom. The van der Waals surface area contributed by atoms with Gasteiger partial charge in [0.25, 0.3) is 0 Å². The van der Waals surface area contributed by atoms with Gasteiger partial charge in [0, 0.05) is 28.0 Å². The minimum Gasteiger partial charge on any atom is -0.390 e. The normalized spacial score (nSPS) is 35.7. The number of ketones is 1. The summed E-state index contributed by atoms with van der Waals surface area (Å²) in [6.07, 6.45) is 2.87. The molecule has 1 heterocycles. The lowest BCUT2D eigenvalue weighted by Crippen LogP contribution is -2.69. The molecule has 2 amide bonds. The molecule has 1 aliphatic heterocycles. The van der Waals surface area contributed by atoms with E-state index >= 15 is 4.39 Å². The number of aliphatic hydroxyl groups is 1. The molecule has 2 aromatic carbocycles. The van der Waals surface area contributed by atoms with E-state index in [9.17, 15) is 28.7 Å². The molecule has 0 aromatic heterocycles. The summed E-state index contributed by atoms with van der Waals surface area (Å²) in [7, 11) is 1.67. The van der Waals surface area contributed by atoms with E-state index in [1.807, 2.05) is 49.4 Å². The molecule has 7 rings (SSSR count). The van der Waals surface area contributed by atoms with Crippen molar-refractivity contribution >= 4 is 40.2 Å². The van der Waals surface area contributed by atoms with Gasteiger partial charge in [-0.3, -0.25) is 19.2 Å². The smallest absolute Gasteiger partial charge is 0.246 e. The summed E-state index contributed by atoms with van der Waals surface area (Å²) in [4.78, 5) is 51.3. The van der Waals surface area contributed by atoms with Crippen molar-refractivity contribution in [2.75, 3.05) is 18.4 Å². The maximum absolute atomic E-state index is 17.7. The predicted octanol–water partition coefficient (Wildman–Crippen LogP) is 5.65. The number of rotatable bonds is 10. The Morgan fingerprint density at radius 2 is 1.78 bits per heavy atom. The number of nitrogens with one attached hydrogen (secondary N) is 3. The second kappa shape index (κ2) is 14.6. The molecule has 0 bridgehead atoms. The molecule has 13 heteroatoms. The van der Waals surface area contributed by atoms with Crippen LogP contribution in [-0.4, -0.2) is 76.4 Å². The molecule has 3 saturated carbocycles. The van der Waals surface area contributed by atoms with Gasteiger partial charge in [-0.05, 0) is 101 Å². The lowest BCUT2D eigenvalue weighted by Gasteiger charge is -2.62. The van der Waals surface area contributed by atoms with Gasteiger partial charge in [0.1, 0.15) is 12.0 Å². The van der Waals surface area contributed by atoms with Crippen LogP contribution in [0.15, 0.2) is 72.3 Å². The Bertz CT molecular complexity index is 1940. The predicted molar refractivity (Wildman–Crippen MR) is 204 cm³/mol. The van der Waals surface area contributed by atoms with Crippen molar-refractivity contribution in [3.8, 4) is 0 Å². The Morgan fingerprint density at radius 1 is 1.04 bits per heavy atom. The molecule has 4 N–H and O–H groups in total. The van der Waals surface area contributed by atoms with Crippen molar-refractivity contribution < 1.29 is 42.5 Å². The maximum atomic E-state index is 17.7. The highest BCUT2D eigenvalue weighted by Crippen LogP contribution is 2.72. The number of alkyl halides is 2. The average molecular weight is 778 g/mol. The molecule has 11 atom stereocenters. The van der Waals surface area contributed by atoms with Crippen LogP contribution in [-0.2, 0) is 35.1 Å². The Labute approximate surface area is 324 Å². The van der Waals surface area contributed by atoms with Crippen LogP contribution in [0, 0.1) is 22.7 Å². The fourth-order valence-electron chi connectivity index (χ4n) is 10.2. The number of aliphatic hydroxyl groups excluding tert-OH is 1. The van der Waals surface area contributed by atoms with E-state index in [4.69, 9.17) is 9.47 Å². The van der Waals surface area contributed by atoms with Gasteiger partial charge < -0.3 is 30.5 Å². The second-order valence-corrected chi connectivity index (χ2v) is 17.1. The van der Waals surface area contributed by atoms with Crippen LogP contribution in [0.4, 0.5) is 14.5 Å². The SMILES string of the molecule is CNC(C)C(=O)N[C@@H](C)C(=O)Nc1cccc(Cc2ccc([C@@H]3O[C@@H]4CC5C6CCC7=CC(=O)C=CC7(C)[C@@]6(F)C(O)CC5(C)C4(C(=O)SCF)O3)cc2)c1. The lowest BCUT2D eigenvalue weighted by atomic mass is 9.45. The number of fused-ring (bicyclic) bond motifs is 7. The largest absolute Gasteiger partial charge is 0.390 e. The van der Waals surface area contributed by atoms with Crippen molar-refractivity contribution in [2.45, 2.75) is 102 Å². The molecule has 10 nitrogen and oxygen atoms in total. The van der Waals surface area contributed by atoms with Gasteiger partial charge in [-0.2, -0.15) is 0 Å². The number of likely N-dealkylation sites (N-methyl/N-ethyl adjacent to an activating group) is 1. The minimum absolute atomic E-state index is 0.0952. The number of hydrogen-bond donors (Lipinski definition) is 4. The molecule has 7 unspecified atom stereocenters. The molecule has 294 valence electrons. The summed E-state index contributed by atoms with van der Waals surface area (Å²) in [5.41, 5.74) is -2.13. The number of benzene rings is 2. The topological polar surface area (TPSA) is 143 Å². The summed E-state index contributed by atoms with van der Waals surface area (Å²) in [5, 5.41) is 19.7. The summed E-state index contributed by atoms with van der Waals surface area (Å²) in [5.74, 6) is -1.88. The van der Waals surface area contributed by atoms with Crippen LogP contribution in [0.5, 0.6) is 0 Å². The zero-order valence-electron chi connectivity index (χ0n) is 31.7. The van der Waals surface area contributed by atoms with Crippen molar-refractivity contribution in [2.24, 2.45) is 22.7 Å². The summed E-state index contributed by atoms with van der Waals surface area (Å²) in [6, 6.07) is 12.9. The number of allylic oxidation sites excluding steroid dienone is 4. The van der Waals surface area contributed by atoms with Gasteiger partial charge in [-0.15, -0.1) is 0 Å². The fourth-order valence-corrected chi connectivity index (χ4v) is 10.9. The van der Waals surface area contributed by atoms with Crippen molar-refractivity contribution in [1.82, 2.24) is 10.6 Å². The zero-order valence-corrected chi connectivity index (χ0v) is 32.5. The van der Waals surface area contributed by atoms with E-state index < -0.39 is 75.6 Å². The first-order valence-corrected chi connectivity index (χ1v) is 19.9. The van der Waals surface area contributed by atoms with Crippen molar-refractivity contribution in [1.29, 1.82) is 0 Å². The first-order valence-electron chi connectivity index (χ1n) is 18.9. The molecule has 1 saturated heterocycles. The molecule has 55 heavy (non-hydrogen) atoms. The Hall–Kier alpha value is -3.75. The van der Waals surface area contributed by atoms with Gasteiger partial charge in [-0.1, -0.05) is 66.7 Å². The van der Waals surface area contributed by atoms with Crippen molar-refractivity contribution in [3.63, 3.8) is 0 Å². The van der Waals surface area contributed by atoms with Crippen LogP contribution in [0.1, 0.15) is 76.4 Å². The average Bonchev–Trinajstić information content (AvgIpc) is 3.66. The summed E-state index contributed by atoms with van der Waals surface area (Å²) < 4.78 is 44.8. The van der Waals surface area contributed by atoms with Crippen LogP contribution >= 0.6 is 11.8 Å². The molecule has 0 spiro atoms. The lowest BCUT2D eigenvalue weighted by molar-refractivity contribution is -0.228. The molecule has 4 fully saturated rings. The minimum atomic E-state index is -2.09. The third kappa shape index (κ3) is 6.30. The Kier molecular flexibility index (Phi) is 10.5. The number of thioether (sulfide) groups is 1. The van der Waals surface area contributed by atoms with E-state index in [0.29, 0.717) is 54.3 Å². The number of anilines is 1. The number of amides is 2. The zero-order chi connectivity index (χ0) is 39.5. The second-order valence-electron chi connectivity index (χ2n) is 16.2. The van der Waals surface area contributed by atoms with Crippen molar-refractivity contribution in [3.05, 3.63) is 89.0 Å². The monoisotopic (exact) mass is 777 g/mol. The van der Waals surface area contributed by atoms with Gasteiger partial charge in [0.15, 0.2) is 23.3 Å². The maximum Gasteiger partial charge on any atom is 0.246 e. The van der Waals surface area contributed by atoms with E-state index in [1.165, 1.54) is 12.2 Å².